The Hall–Kier alpha value is -4.14. The molecule has 29 heavy (non-hydrogen) atoms. The van der Waals surface area contributed by atoms with Gasteiger partial charge in [-0.05, 0) is 29.8 Å². The van der Waals surface area contributed by atoms with E-state index in [4.69, 9.17) is 15.2 Å². The number of nitrogens with two attached hydrogens (primary N) is 1. The first-order chi connectivity index (χ1) is 13.9. The predicted molar refractivity (Wildman–Crippen MR) is 98.7 cm³/mol. The highest BCUT2D eigenvalue weighted by Crippen LogP contribution is 2.38. The van der Waals surface area contributed by atoms with Gasteiger partial charge in [-0.2, -0.15) is 0 Å². The second-order valence-electron chi connectivity index (χ2n) is 6.66. The van der Waals surface area contributed by atoms with Gasteiger partial charge in [0.1, 0.15) is 11.2 Å². The topological polar surface area (TPSA) is 132 Å². The Balaban J connectivity index is 1.56. The molecule has 2 aliphatic heterocycles. The van der Waals surface area contributed by atoms with Gasteiger partial charge in [-0.25, -0.2) is 4.98 Å². The fourth-order valence-electron chi connectivity index (χ4n) is 3.51. The minimum Gasteiger partial charge on any atom is -0.505 e. The van der Waals surface area contributed by atoms with Gasteiger partial charge >= 0.3 is 0 Å². The molecule has 0 bridgehead atoms. The number of primary amides is 1. The Labute approximate surface area is 163 Å². The van der Waals surface area contributed by atoms with Crippen LogP contribution in [-0.2, 0) is 6.54 Å². The molecule has 2 aromatic carbocycles. The van der Waals surface area contributed by atoms with E-state index in [0.29, 0.717) is 22.4 Å². The maximum Gasteiger partial charge on any atom is 0.267 e. The number of amides is 3. The van der Waals surface area contributed by atoms with Crippen molar-refractivity contribution in [2.75, 3.05) is 6.79 Å². The van der Waals surface area contributed by atoms with Crippen LogP contribution in [0.25, 0.3) is 10.9 Å². The van der Waals surface area contributed by atoms with Crippen LogP contribution in [-0.4, -0.2) is 39.5 Å². The number of aromatic nitrogens is 1. The van der Waals surface area contributed by atoms with Crippen molar-refractivity contribution in [3.8, 4) is 17.2 Å². The van der Waals surface area contributed by atoms with Crippen LogP contribution in [0.1, 0.15) is 36.8 Å². The zero-order chi connectivity index (χ0) is 20.3. The Morgan fingerprint density at radius 1 is 1.10 bits per heavy atom. The first-order valence-corrected chi connectivity index (χ1v) is 8.65. The van der Waals surface area contributed by atoms with E-state index < -0.39 is 23.5 Å². The van der Waals surface area contributed by atoms with Gasteiger partial charge in [-0.3, -0.25) is 19.3 Å². The van der Waals surface area contributed by atoms with Gasteiger partial charge in [0, 0.05) is 5.39 Å². The molecular formula is C20H13N3O6. The Kier molecular flexibility index (Phi) is 3.47. The molecule has 3 N–H and O–H groups in total. The van der Waals surface area contributed by atoms with E-state index in [9.17, 15) is 19.5 Å². The fraction of sp³-hybridized carbons (Fsp3) is 0.100. The second kappa shape index (κ2) is 5.93. The largest absolute Gasteiger partial charge is 0.505 e. The molecule has 5 rings (SSSR count). The van der Waals surface area contributed by atoms with Crippen molar-refractivity contribution in [3.05, 3.63) is 58.8 Å². The average molecular weight is 391 g/mol. The van der Waals surface area contributed by atoms with Crippen molar-refractivity contribution in [2.45, 2.75) is 6.54 Å². The Morgan fingerprint density at radius 2 is 1.90 bits per heavy atom. The van der Waals surface area contributed by atoms with Crippen LogP contribution < -0.4 is 15.2 Å². The van der Waals surface area contributed by atoms with Gasteiger partial charge in [0.15, 0.2) is 17.2 Å². The summed E-state index contributed by atoms with van der Waals surface area (Å²) in [5.41, 5.74) is 5.82. The third-order valence-corrected chi connectivity index (χ3v) is 4.92. The quantitative estimate of drug-likeness (QED) is 0.648. The van der Waals surface area contributed by atoms with Crippen molar-refractivity contribution in [3.63, 3.8) is 0 Å². The smallest absolute Gasteiger partial charge is 0.267 e. The van der Waals surface area contributed by atoms with E-state index in [1.807, 2.05) is 0 Å². The lowest BCUT2D eigenvalue weighted by Gasteiger charge is -2.14. The van der Waals surface area contributed by atoms with E-state index in [-0.39, 0.29) is 35.7 Å². The number of rotatable bonds is 3. The average Bonchev–Trinajstić information content (AvgIpc) is 3.26. The zero-order valence-electron chi connectivity index (χ0n) is 14.8. The van der Waals surface area contributed by atoms with Crippen LogP contribution in [0.3, 0.4) is 0 Å². The van der Waals surface area contributed by atoms with Crippen molar-refractivity contribution in [1.29, 1.82) is 0 Å². The van der Waals surface area contributed by atoms with Gasteiger partial charge < -0.3 is 20.3 Å². The standard InChI is InChI=1S/C20H13N3O6/c21-18(25)12-3-2-10-6-11-15(17(24)16(10)22-12)20(27)23(19(11)26)7-9-1-4-13-14(5-9)29-8-28-13/h1-6,24H,7-8H2,(H2,21,25). The highest BCUT2D eigenvalue weighted by molar-refractivity contribution is 6.24. The molecule has 144 valence electrons. The molecule has 0 spiro atoms. The summed E-state index contributed by atoms with van der Waals surface area (Å²) < 4.78 is 10.6. The zero-order valence-corrected chi connectivity index (χ0v) is 14.8. The minimum absolute atomic E-state index is 0.00125. The van der Waals surface area contributed by atoms with Gasteiger partial charge in [-0.15, -0.1) is 0 Å². The lowest BCUT2D eigenvalue weighted by molar-refractivity contribution is 0.0641. The summed E-state index contributed by atoms with van der Waals surface area (Å²) in [5, 5.41) is 11.0. The molecule has 0 saturated heterocycles. The van der Waals surface area contributed by atoms with Crippen LogP contribution in [0.2, 0.25) is 0 Å². The molecule has 9 heteroatoms. The number of pyridine rings is 1. The van der Waals surface area contributed by atoms with Crippen molar-refractivity contribution < 1.29 is 29.0 Å². The molecule has 0 fully saturated rings. The molecule has 0 atom stereocenters. The number of nitrogens with zero attached hydrogens (tertiary/aromatic N) is 2. The Bertz CT molecular complexity index is 1250. The van der Waals surface area contributed by atoms with Crippen LogP contribution in [0, 0.1) is 0 Å². The molecule has 1 aromatic heterocycles. The van der Waals surface area contributed by atoms with Crippen LogP contribution in [0.15, 0.2) is 36.4 Å². The summed E-state index contributed by atoms with van der Waals surface area (Å²) >= 11 is 0. The highest BCUT2D eigenvalue weighted by Gasteiger charge is 2.39. The van der Waals surface area contributed by atoms with Gasteiger partial charge in [-0.1, -0.05) is 12.1 Å². The summed E-state index contributed by atoms with van der Waals surface area (Å²) in [5.74, 6) is -1.26. The van der Waals surface area contributed by atoms with E-state index in [1.165, 1.54) is 18.2 Å². The molecular weight excluding hydrogens is 378 g/mol. The second-order valence-corrected chi connectivity index (χ2v) is 6.66. The number of hydrogen-bond acceptors (Lipinski definition) is 7. The normalized spacial score (nSPS) is 14.6. The number of fused-ring (bicyclic) bond motifs is 3. The maximum atomic E-state index is 12.9. The fourth-order valence-corrected chi connectivity index (χ4v) is 3.51. The van der Waals surface area contributed by atoms with Crippen molar-refractivity contribution in [1.82, 2.24) is 9.88 Å². The molecule has 0 unspecified atom stereocenters. The van der Waals surface area contributed by atoms with E-state index in [1.54, 1.807) is 18.2 Å². The number of hydrogen-bond donors (Lipinski definition) is 2. The third kappa shape index (κ3) is 2.48. The number of carbonyl (C=O) groups is 3. The number of aromatic hydroxyl groups is 1. The summed E-state index contributed by atoms with van der Waals surface area (Å²) in [7, 11) is 0. The van der Waals surface area contributed by atoms with Crippen molar-refractivity contribution >= 4 is 28.6 Å². The monoisotopic (exact) mass is 391 g/mol. The number of benzene rings is 2. The van der Waals surface area contributed by atoms with Crippen LogP contribution >= 0.6 is 0 Å². The molecule has 0 aliphatic carbocycles. The minimum atomic E-state index is -0.765. The first-order valence-electron chi connectivity index (χ1n) is 8.65. The molecule has 3 heterocycles. The van der Waals surface area contributed by atoms with E-state index >= 15 is 0 Å². The first kappa shape index (κ1) is 17.0. The molecule has 3 aromatic rings. The number of ether oxygens (including phenoxy) is 2. The lowest BCUT2D eigenvalue weighted by Crippen LogP contribution is -2.29. The summed E-state index contributed by atoms with van der Waals surface area (Å²) in [6.45, 7) is 0.116. The molecule has 3 amide bonds. The third-order valence-electron chi connectivity index (χ3n) is 4.92. The van der Waals surface area contributed by atoms with Crippen molar-refractivity contribution in [2.24, 2.45) is 5.73 Å². The number of imide groups is 1. The number of phenols is 1. The Morgan fingerprint density at radius 3 is 2.69 bits per heavy atom. The van der Waals surface area contributed by atoms with Gasteiger partial charge in [0.25, 0.3) is 17.7 Å². The maximum absolute atomic E-state index is 12.9. The van der Waals surface area contributed by atoms with Gasteiger partial charge in [0.2, 0.25) is 6.79 Å². The van der Waals surface area contributed by atoms with Gasteiger partial charge in [0.05, 0.1) is 17.7 Å². The molecule has 9 nitrogen and oxygen atoms in total. The number of carbonyl (C=O) groups excluding carboxylic acids is 3. The molecule has 2 aliphatic rings. The predicted octanol–water partition coefficient (Wildman–Crippen LogP) is 1.56. The summed E-state index contributed by atoms with van der Waals surface area (Å²) in [6, 6.07) is 9.51. The SMILES string of the molecule is NC(=O)c1ccc2cc3c(c(O)c2n1)C(=O)N(Cc1ccc2c(c1)OCO2)C3=O. The van der Waals surface area contributed by atoms with E-state index in [2.05, 4.69) is 4.98 Å². The van der Waals surface area contributed by atoms with E-state index in [0.717, 1.165) is 4.90 Å². The molecule has 0 saturated carbocycles. The molecule has 0 radical (unpaired) electrons. The van der Waals surface area contributed by atoms with Crippen LogP contribution in [0.4, 0.5) is 0 Å². The van der Waals surface area contributed by atoms with Crippen LogP contribution in [0.5, 0.6) is 17.2 Å². The lowest BCUT2D eigenvalue weighted by atomic mass is 10.0. The highest BCUT2D eigenvalue weighted by atomic mass is 16.7. The number of phenolic OH excluding ortho intramolecular Hbond substituents is 1. The summed E-state index contributed by atoms with van der Waals surface area (Å²) in [4.78, 5) is 42.2. The summed E-state index contributed by atoms with van der Waals surface area (Å²) in [6.07, 6.45) is 0.